The first-order chi connectivity index (χ1) is 19.0. The Morgan fingerprint density at radius 2 is 1.82 bits per heavy atom. The van der Waals surface area contributed by atoms with Crippen molar-refractivity contribution < 1.29 is 9.13 Å². The van der Waals surface area contributed by atoms with Crippen LogP contribution in [0.4, 0.5) is 4.39 Å². The number of hydrogen-bond donors (Lipinski definition) is 1. The molecule has 0 radical (unpaired) electrons. The first-order valence-electron chi connectivity index (χ1n) is 13.0. The number of aromatic amines is 1. The van der Waals surface area contributed by atoms with Crippen LogP contribution in [-0.4, -0.2) is 43.7 Å². The maximum Gasteiger partial charge on any atom is 0.252 e. The molecule has 0 aliphatic heterocycles. The summed E-state index contributed by atoms with van der Waals surface area (Å²) in [4.78, 5) is 18.5. The predicted octanol–water partition coefficient (Wildman–Crippen LogP) is 4.91. The minimum atomic E-state index is -0.284. The van der Waals surface area contributed by atoms with E-state index in [2.05, 4.69) is 44.5 Å². The summed E-state index contributed by atoms with van der Waals surface area (Å²) in [7, 11) is 1.60. The number of fused-ring (bicyclic) bond motifs is 1. The van der Waals surface area contributed by atoms with Crippen LogP contribution in [0.3, 0.4) is 0 Å². The van der Waals surface area contributed by atoms with Crippen LogP contribution in [0.25, 0.3) is 10.9 Å². The summed E-state index contributed by atoms with van der Waals surface area (Å²) in [5.74, 6) is 1.11. The fraction of sp³-hybridized carbons (Fsp3) is 0.267. The molecular formula is C30H31FN6O2. The maximum atomic E-state index is 13.4. The molecule has 2 heterocycles. The number of nitrogens with one attached hydrogen (secondary N) is 1. The van der Waals surface area contributed by atoms with Gasteiger partial charge >= 0.3 is 0 Å². The van der Waals surface area contributed by atoms with Gasteiger partial charge in [-0.3, -0.25) is 9.69 Å². The summed E-state index contributed by atoms with van der Waals surface area (Å²) in [6, 6.07) is 24.1. The molecule has 0 bridgehead atoms. The van der Waals surface area contributed by atoms with Crippen LogP contribution in [0.1, 0.15) is 41.9 Å². The van der Waals surface area contributed by atoms with Crippen LogP contribution in [0.5, 0.6) is 5.75 Å². The third-order valence-corrected chi connectivity index (χ3v) is 6.96. The van der Waals surface area contributed by atoms with Crippen LogP contribution in [0.2, 0.25) is 0 Å². The molecule has 0 aliphatic carbocycles. The molecule has 0 saturated heterocycles. The smallest absolute Gasteiger partial charge is 0.252 e. The molecule has 0 unspecified atom stereocenters. The summed E-state index contributed by atoms with van der Waals surface area (Å²) in [5.41, 5.74) is 3.37. The molecule has 5 rings (SSSR count). The van der Waals surface area contributed by atoms with Crippen LogP contribution in [0.15, 0.2) is 83.7 Å². The van der Waals surface area contributed by atoms with Gasteiger partial charge in [0.15, 0.2) is 5.82 Å². The van der Waals surface area contributed by atoms with Gasteiger partial charge in [0.25, 0.3) is 5.56 Å². The summed E-state index contributed by atoms with van der Waals surface area (Å²) in [5, 5.41) is 13.5. The second kappa shape index (κ2) is 12.0. The molecule has 3 aromatic carbocycles. The molecule has 200 valence electrons. The van der Waals surface area contributed by atoms with Crippen molar-refractivity contribution in [3.8, 4) is 5.75 Å². The standard InChI is InChI=1S/C30H31FN6O2/c1-3-28(29-33-34-35-37(29)19-22-9-12-25(31)13-10-22)36(16-15-21-7-5-4-6-8-21)20-24-17-23-11-14-26(39-2)18-27(23)32-30(24)38/h4-14,17-18,28H,3,15-16,19-20H2,1-2H3,(H,32,38)/t28-/m0/s1. The van der Waals surface area contributed by atoms with Crippen molar-refractivity contribution in [1.82, 2.24) is 30.1 Å². The largest absolute Gasteiger partial charge is 0.497 e. The number of H-pyrrole nitrogens is 1. The van der Waals surface area contributed by atoms with Crippen molar-refractivity contribution >= 4 is 10.9 Å². The summed E-state index contributed by atoms with van der Waals surface area (Å²) < 4.78 is 20.5. The van der Waals surface area contributed by atoms with Crippen molar-refractivity contribution in [2.24, 2.45) is 0 Å². The number of hydrogen-bond acceptors (Lipinski definition) is 6. The van der Waals surface area contributed by atoms with Gasteiger partial charge in [-0.25, -0.2) is 9.07 Å². The number of tetrazole rings is 1. The molecule has 0 spiro atoms. The second-order valence-corrected chi connectivity index (χ2v) is 9.53. The molecule has 0 saturated carbocycles. The minimum Gasteiger partial charge on any atom is -0.497 e. The van der Waals surface area contributed by atoms with E-state index in [1.165, 1.54) is 17.7 Å². The molecule has 9 heteroatoms. The fourth-order valence-electron chi connectivity index (χ4n) is 4.88. The lowest BCUT2D eigenvalue weighted by molar-refractivity contribution is 0.172. The number of pyridine rings is 1. The Bertz CT molecular complexity index is 1580. The minimum absolute atomic E-state index is 0.138. The molecule has 39 heavy (non-hydrogen) atoms. The van der Waals surface area contributed by atoms with Gasteiger partial charge in [0, 0.05) is 24.7 Å². The average Bonchev–Trinajstić information content (AvgIpc) is 3.41. The van der Waals surface area contributed by atoms with E-state index in [9.17, 15) is 9.18 Å². The summed E-state index contributed by atoms with van der Waals surface area (Å²) >= 11 is 0. The van der Waals surface area contributed by atoms with Crippen LogP contribution >= 0.6 is 0 Å². The van der Waals surface area contributed by atoms with Gasteiger partial charge in [-0.2, -0.15) is 0 Å². The Balaban J connectivity index is 1.47. The highest BCUT2D eigenvalue weighted by Crippen LogP contribution is 2.26. The Morgan fingerprint density at radius 3 is 2.56 bits per heavy atom. The number of ether oxygens (including phenoxy) is 1. The van der Waals surface area contributed by atoms with Gasteiger partial charge in [-0.15, -0.1) is 5.10 Å². The average molecular weight is 527 g/mol. The van der Waals surface area contributed by atoms with Crippen LogP contribution in [-0.2, 0) is 19.5 Å². The highest BCUT2D eigenvalue weighted by atomic mass is 19.1. The Morgan fingerprint density at radius 1 is 1.03 bits per heavy atom. The van der Waals surface area contributed by atoms with E-state index < -0.39 is 0 Å². The molecule has 0 aliphatic rings. The van der Waals surface area contributed by atoms with Gasteiger partial charge in [0.05, 0.1) is 25.2 Å². The maximum absolute atomic E-state index is 13.4. The van der Waals surface area contributed by atoms with E-state index >= 15 is 0 Å². The second-order valence-electron chi connectivity index (χ2n) is 9.53. The Kier molecular flexibility index (Phi) is 8.07. The van der Waals surface area contributed by atoms with Gasteiger partial charge in [0.2, 0.25) is 0 Å². The third kappa shape index (κ3) is 6.21. The van der Waals surface area contributed by atoms with E-state index in [0.29, 0.717) is 36.8 Å². The number of benzene rings is 3. The lowest BCUT2D eigenvalue weighted by Gasteiger charge is -2.30. The van der Waals surface area contributed by atoms with E-state index in [1.807, 2.05) is 42.5 Å². The topological polar surface area (TPSA) is 88.9 Å². The molecule has 1 atom stereocenters. The quantitative estimate of drug-likeness (QED) is 0.263. The normalized spacial score (nSPS) is 12.2. The number of methoxy groups -OCH3 is 1. The fourth-order valence-corrected chi connectivity index (χ4v) is 4.88. The Labute approximate surface area is 226 Å². The van der Waals surface area contributed by atoms with E-state index in [-0.39, 0.29) is 17.4 Å². The van der Waals surface area contributed by atoms with E-state index in [0.717, 1.165) is 29.3 Å². The first-order valence-corrected chi connectivity index (χ1v) is 13.0. The van der Waals surface area contributed by atoms with Crippen molar-refractivity contribution in [3.05, 3.63) is 118 Å². The van der Waals surface area contributed by atoms with Crippen LogP contribution in [0, 0.1) is 5.82 Å². The molecular weight excluding hydrogens is 495 g/mol. The van der Waals surface area contributed by atoms with Gasteiger partial charge in [-0.05, 0) is 70.1 Å². The third-order valence-electron chi connectivity index (χ3n) is 6.96. The monoisotopic (exact) mass is 526 g/mol. The molecule has 1 N–H and O–H groups in total. The number of nitrogens with zero attached hydrogens (tertiary/aromatic N) is 5. The highest BCUT2D eigenvalue weighted by molar-refractivity contribution is 5.80. The van der Waals surface area contributed by atoms with E-state index in [1.54, 1.807) is 23.9 Å². The summed E-state index contributed by atoms with van der Waals surface area (Å²) in [6.45, 7) is 3.64. The first kappa shape index (κ1) is 26.2. The zero-order valence-corrected chi connectivity index (χ0v) is 22.0. The van der Waals surface area contributed by atoms with Gasteiger partial charge in [0.1, 0.15) is 11.6 Å². The van der Waals surface area contributed by atoms with Crippen molar-refractivity contribution in [1.29, 1.82) is 0 Å². The number of aromatic nitrogens is 5. The summed E-state index contributed by atoms with van der Waals surface area (Å²) in [6.07, 6.45) is 1.54. The lowest BCUT2D eigenvalue weighted by Crippen LogP contribution is -2.34. The van der Waals surface area contributed by atoms with Gasteiger partial charge < -0.3 is 9.72 Å². The zero-order valence-electron chi connectivity index (χ0n) is 22.0. The Hall–Kier alpha value is -4.37. The molecule has 0 amide bonds. The number of halogens is 1. The van der Waals surface area contributed by atoms with Crippen molar-refractivity contribution in [2.45, 2.75) is 38.9 Å². The number of rotatable bonds is 11. The van der Waals surface area contributed by atoms with Gasteiger partial charge in [-0.1, -0.05) is 49.4 Å². The van der Waals surface area contributed by atoms with Crippen molar-refractivity contribution in [2.75, 3.05) is 13.7 Å². The highest BCUT2D eigenvalue weighted by Gasteiger charge is 2.26. The molecule has 8 nitrogen and oxygen atoms in total. The van der Waals surface area contributed by atoms with Crippen molar-refractivity contribution in [3.63, 3.8) is 0 Å². The molecule has 0 fully saturated rings. The van der Waals surface area contributed by atoms with E-state index in [4.69, 9.17) is 4.74 Å². The van der Waals surface area contributed by atoms with Crippen LogP contribution < -0.4 is 10.3 Å². The predicted molar refractivity (Wildman–Crippen MR) is 148 cm³/mol. The lowest BCUT2D eigenvalue weighted by atomic mass is 10.1. The zero-order chi connectivity index (χ0) is 27.2. The molecule has 5 aromatic rings. The molecule has 2 aromatic heterocycles. The SMILES string of the molecule is CC[C@@H](c1nnnn1Cc1ccc(F)cc1)N(CCc1ccccc1)Cc1cc2ccc(OC)cc2[nH]c1=O.